The van der Waals surface area contributed by atoms with E-state index in [0.29, 0.717) is 23.9 Å². The molecule has 1 atom stereocenters. The van der Waals surface area contributed by atoms with Crippen LogP contribution in [0.5, 0.6) is 5.75 Å². The average molecular weight is 445 g/mol. The Bertz CT molecular complexity index is 1160. The van der Waals surface area contributed by atoms with Crippen molar-refractivity contribution in [1.82, 2.24) is 19.7 Å². The summed E-state index contributed by atoms with van der Waals surface area (Å²) in [7, 11) is 0. The van der Waals surface area contributed by atoms with Gasteiger partial charge in [-0.3, -0.25) is 14.3 Å². The lowest BCUT2D eigenvalue weighted by atomic mass is 10.1. The lowest BCUT2D eigenvalue weighted by Gasteiger charge is -2.13. The van der Waals surface area contributed by atoms with Crippen LogP contribution in [0.1, 0.15) is 29.8 Å². The van der Waals surface area contributed by atoms with Gasteiger partial charge in [0, 0.05) is 23.5 Å². The number of hydrogen-bond acceptors (Lipinski definition) is 6. The van der Waals surface area contributed by atoms with Gasteiger partial charge in [0.1, 0.15) is 5.75 Å². The minimum absolute atomic E-state index is 0.0373. The zero-order chi connectivity index (χ0) is 22.3. The van der Waals surface area contributed by atoms with Crippen molar-refractivity contribution in [2.24, 2.45) is 0 Å². The van der Waals surface area contributed by atoms with E-state index >= 15 is 0 Å². The van der Waals surface area contributed by atoms with E-state index in [9.17, 15) is 4.79 Å². The molecule has 0 aliphatic rings. The van der Waals surface area contributed by atoms with Gasteiger partial charge in [-0.1, -0.05) is 42.1 Å². The van der Waals surface area contributed by atoms with E-state index in [1.54, 1.807) is 24.5 Å². The van der Waals surface area contributed by atoms with E-state index in [1.165, 1.54) is 11.8 Å². The number of ketones is 1. The van der Waals surface area contributed by atoms with E-state index in [-0.39, 0.29) is 11.0 Å². The molecule has 0 radical (unpaired) electrons. The molecule has 7 heteroatoms. The number of aromatic nitrogens is 4. The Balaban J connectivity index is 1.59. The fourth-order valence-electron chi connectivity index (χ4n) is 3.32. The van der Waals surface area contributed by atoms with Gasteiger partial charge in [-0.05, 0) is 55.8 Å². The van der Waals surface area contributed by atoms with Crippen LogP contribution in [0.25, 0.3) is 11.4 Å². The molecule has 0 N–H and O–H groups in total. The standard InChI is InChI=1S/C25H24N4O2S/c1-3-31-22-13-11-20(12-14-22)23(30)18(2)32-25-28-27-24(21-10-7-15-26-16-21)29(25)17-19-8-5-4-6-9-19/h4-16,18H,3,17H2,1-2H3/t18-/m1/s1. The Morgan fingerprint density at radius 2 is 1.81 bits per heavy atom. The largest absolute Gasteiger partial charge is 0.494 e. The van der Waals surface area contributed by atoms with E-state index < -0.39 is 0 Å². The van der Waals surface area contributed by atoms with E-state index in [1.807, 2.05) is 60.9 Å². The van der Waals surface area contributed by atoms with Crippen molar-refractivity contribution >= 4 is 17.5 Å². The van der Waals surface area contributed by atoms with Crippen LogP contribution in [0.3, 0.4) is 0 Å². The van der Waals surface area contributed by atoms with Gasteiger partial charge in [-0.25, -0.2) is 0 Å². The van der Waals surface area contributed by atoms with Crippen LogP contribution < -0.4 is 4.74 Å². The summed E-state index contributed by atoms with van der Waals surface area (Å²) >= 11 is 1.41. The number of benzene rings is 2. The van der Waals surface area contributed by atoms with Gasteiger partial charge in [-0.2, -0.15) is 0 Å². The Hall–Kier alpha value is -3.45. The first-order valence-corrected chi connectivity index (χ1v) is 11.3. The maximum absolute atomic E-state index is 13.0. The van der Waals surface area contributed by atoms with Gasteiger partial charge in [-0.15, -0.1) is 10.2 Å². The average Bonchev–Trinajstić information content (AvgIpc) is 3.22. The first-order chi connectivity index (χ1) is 15.7. The Morgan fingerprint density at radius 1 is 1.03 bits per heavy atom. The first kappa shape index (κ1) is 21.8. The number of Topliss-reactive ketones (excluding diaryl/α,β-unsaturated/α-hetero) is 1. The molecule has 0 bridgehead atoms. The summed E-state index contributed by atoms with van der Waals surface area (Å²) < 4.78 is 7.51. The number of pyridine rings is 1. The molecule has 0 aliphatic carbocycles. The molecular weight excluding hydrogens is 420 g/mol. The second-order valence-electron chi connectivity index (χ2n) is 7.20. The number of carbonyl (C=O) groups excluding carboxylic acids is 1. The van der Waals surface area contributed by atoms with Gasteiger partial charge in [0.05, 0.1) is 18.4 Å². The molecule has 162 valence electrons. The number of rotatable bonds is 9. The van der Waals surface area contributed by atoms with Crippen molar-refractivity contribution in [3.63, 3.8) is 0 Å². The summed E-state index contributed by atoms with van der Waals surface area (Å²) in [6.07, 6.45) is 3.50. The van der Waals surface area contributed by atoms with E-state index in [2.05, 4.69) is 27.3 Å². The Kier molecular flexibility index (Phi) is 6.97. The molecular formula is C25H24N4O2S. The molecule has 2 aromatic heterocycles. The lowest BCUT2D eigenvalue weighted by Crippen LogP contribution is -2.15. The van der Waals surface area contributed by atoms with Gasteiger partial charge >= 0.3 is 0 Å². The van der Waals surface area contributed by atoms with Crippen LogP contribution in [0, 0.1) is 0 Å². The molecule has 0 aliphatic heterocycles. The SMILES string of the molecule is CCOc1ccc(C(=O)[C@@H](C)Sc2nnc(-c3cccnc3)n2Cc2ccccc2)cc1. The summed E-state index contributed by atoms with van der Waals surface area (Å²) in [4.78, 5) is 17.3. The van der Waals surface area contributed by atoms with Crippen molar-refractivity contribution in [3.05, 3.63) is 90.3 Å². The molecule has 32 heavy (non-hydrogen) atoms. The second-order valence-corrected chi connectivity index (χ2v) is 8.51. The second kappa shape index (κ2) is 10.2. The molecule has 0 amide bonds. The van der Waals surface area contributed by atoms with Crippen LogP contribution in [0.15, 0.2) is 84.3 Å². The maximum atomic E-state index is 13.0. The molecule has 0 saturated carbocycles. The van der Waals surface area contributed by atoms with Crippen LogP contribution in [-0.4, -0.2) is 37.4 Å². The molecule has 0 unspecified atom stereocenters. The quantitative estimate of drug-likeness (QED) is 0.263. The minimum Gasteiger partial charge on any atom is -0.494 e. The summed E-state index contributed by atoms with van der Waals surface area (Å²) in [5.74, 6) is 1.52. The number of carbonyl (C=O) groups is 1. The van der Waals surface area contributed by atoms with Crippen molar-refractivity contribution in [3.8, 4) is 17.1 Å². The van der Waals surface area contributed by atoms with Crippen LogP contribution >= 0.6 is 11.8 Å². The molecule has 0 spiro atoms. The van der Waals surface area contributed by atoms with E-state index in [0.717, 1.165) is 22.7 Å². The molecule has 4 aromatic rings. The van der Waals surface area contributed by atoms with Crippen molar-refractivity contribution in [1.29, 1.82) is 0 Å². The zero-order valence-electron chi connectivity index (χ0n) is 18.0. The molecule has 2 aromatic carbocycles. The van der Waals surface area contributed by atoms with Crippen molar-refractivity contribution in [2.75, 3.05) is 6.61 Å². The number of ether oxygens (including phenoxy) is 1. The topological polar surface area (TPSA) is 69.9 Å². The predicted molar refractivity (Wildman–Crippen MR) is 126 cm³/mol. The molecule has 6 nitrogen and oxygen atoms in total. The normalized spacial score (nSPS) is 11.8. The number of nitrogens with zero attached hydrogens (tertiary/aromatic N) is 4. The van der Waals surface area contributed by atoms with Crippen LogP contribution in [0.4, 0.5) is 0 Å². The third-order valence-corrected chi connectivity index (χ3v) is 6.00. The van der Waals surface area contributed by atoms with Crippen LogP contribution in [-0.2, 0) is 6.54 Å². The molecule has 0 saturated heterocycles. The summed E-state index contributed by atoms with van der Waals surface area (Å²) in [6.45, 7) is 5.03. The summed E-state index contributed by atoms with van der Waals surface area (Å²) in [5.41, 5.74) is 2.66. The molecule has 2 heterocycles. The summed E-state index contributed by atoms with van der Waals surface area (Å²) in [5, 5.41) is 9.21. The van der Waals surface area contributed by atoms with Crippen molar-refractivity contribution < 1.29 is 9.53 Å². The smallest absolute Gasteiger partial charge is 0.192 e. The van der Waals surface area contributed by atoms with E-state index in [4.69, 9.17) is 4.74 Å². The number of thioether (sulfide) groups is 1. The third-order valence-electron chi connectivity index (χ3n) is 4.92. The predicted octanol–water partition coefficient (Wildman–Crippen LogP) is 5.15. The Morgan fingerprint density at radius 3 is 2.50 bits per heavy atom. The highest BCUT2D eigenvalue weighted by Gasteiger charge is 2.22. The lowest BCUT2D eigenvalue weighted by molar-refractivity contribution is 0.0994. The van der Waals surface area contributed by atoms with Gasteiger partial charge in [0.2, 0.25) is 0 Å². The fraction of sp³-hybridized carbons (Fsp3) is 0.200. The fourth-order valence-corrected chi connectivity index (χ4v) is 4.25. The third kappa shape index (κ3) is 5.06. The number of hydrogen-bond donors (Lipinski definition) is 0. The van der Waals surface area contributed by atoms with Crippen LogP contribution in [0.2, 0.25) is 0 Å². The highest BCUT2D eigenvalue weighted by molar-refractivity contribution is 8.00. The highest BCUT2D eigenvalue weighted by Crippen LogP contribution is 2.29. The maximum Gasteiger partial charge on any atom is 0.192 e. The monoisotopic (exact) mass is 444 g/mol. The molecule has 4 rings (SSSR count). The zero-order valence-corrected chi connectivity index (χ0v) is 18.8. The van der Waals surface area contributed by atoms with Gasteiger partial charge in [0.25, 0.3) is 0 Å². The Labute approximate surface area is 191 Å². The van der Waals surface area contributed by atoms with Gasteiger partial charge in [0.15, 0.2) is 16.8 Å². The van der Waals surface area contributed by atoms with Gasteiger partial charge < -0.3 is 4.74 Å². The van der Waals surface area contributed by atoms with Crippen molar-refractivity contribution in [2.45, 2.75) is 30.8 Å². The molecule has 0 fully saturated rings. The first-order valence-electron chi connectivity index (χ1n) is 10.5. The minimum atomic E-state index is -0.326. The summed E-state index contributed by atoms with van der Waals surface area (Å²) in [6, 6.07) is 21.2. The highest BCUT2D eigenvalue weighted by atomic mass is 32.2.